The molecule has 106 valence electrons. The van der Waals surface area contributed by atoms with Crippen molar-refractivity contribution in [2.75, 3.05) is 5.32 Å². The van der Waals surface area contributed by atoms with Crippen LogP contribution in [-0.4, -0.2) is 6.10 Å². The number of benzene rings is 2. The Morgan fingerprint density at radius 1 is 0.950 bits per heavy atom. The van der Waals surface area contributed by atoms with Gasteiger partial charge in [-0.05, 0) is 50.6 Å². The summed E-state index contributed by atoms with van der Waals surface area (Å²) in [5, 5.41) is 3.17. The SMILES string of the molecule is CC(C)Oc1ccc(C(C)Nc2ccccc2F)cc1. The molecule has 0 saturated heterocycles. The molecular formula is C17H20FNO. The molecule has 2 aromatic rings. The molecule has 0 aliphatic rings. The molecular weight excluding hydrogens is 253 g/mol. The Kier molecular flexibility index (Phi) is 4.61. The molecule has 2 aromatic carbocycles. The van der Waals surface area contributed by atoms with Gasteiger partial charge in [-0.25, -0.2) is 4.39 Å². The molecule has 0 heterocycles. The molecule has 1 unspecified atom stereocenters. The van der Waals surface area contributed by atoms with Crippen LogP contribution in [0.1, 0.15) is 32.4 Å². The summed E-state index contributed by atoms with van der Waals surface area (Å²) in [4.78, 5) is 0. The summed E-state index contributed by atoms with van der Waals surface area (Å²) in [5.74, 6) is 0.612. The van der Waals surface area contributed by atoms with Gasteiger partial charge in [0, 0.05) is 6.04 Å². The van der Waals surface area contributed by atoms with E-state index >= 15 is 0 Å². The third-order valence-electron chi connectivity index (χ3n) is 3.00. The van der Waals surface area contributed by atoms with Gasteiger partial charge in [-0.15, -0.1) is 0 Å². The Bertz CT molecular complexity index is 551. The lowest BCUT2D eigenvalue weighted by Crippen LogP contribution is -2.08. The lowest BCUT2D eigenvalue weighted by Gasteiger charge is -2.17. The van der Waals surface area contributed by atoms with Crippen molar-refractivity contribution in [3.8, 4) is 5.75 Å². The van der Waals surface area contributed by atoms with Crippen LogP contribution in [0, 0.1) is 5.82 Å². The number of ether oxygens (including phenoxy) is 1. The van der Waals surface area contributed by atoms with Crippen LogP contribution in [0.15, 0.2) is 48.5 Å². The van der Waals surface area contributed by atoms with Crippen molar-refractivity contribution in [3.05, 3.63) is 59.9 Å². The molecule has 0 aliphatic heterocycles. The second kappa shape index (κ2) is 6.42. The first-order chi connectivity index (χ1) is 9.56. The molecule has 3 heteroatoms. The standard InChI is InChI=1S/C17H20FNO/c1-12(2)20-15-10-8-14(9-11-15)13(3)19-17-7-5-4-6-16(17)18/h4-13,19H,1-3H3. The molecule has 2 rings (SSSR count). The highest BCUT2D eigenvalue weighted by Gasteiger charge is 2.08. The lowest BCUT2D eigenvalue weighted by molar-refractivity contribution is 0.242. The van der Waals surface area contributed by atoms with E-state index in [4.69, 9.17) is 4.74 Å². The maximum atomic E-state index is 13.6. The maximum absolute atomic E-state index is 13.6. The molecule has 0 saturated carbocycles. The Balaban J connectivity index is 2.06. The summed E-state index contributed by atoms with van der Waals surface area (Å²) in [6.07, 6.45) is 0.162. The van der Waals surface area contributed by atoms with Crippen molar-refractivity contribution in [1.29, 1.82) is 0 Å². The minimum absolute atomic E-state index is 0.0278. The van der Waals surface area contributed by atoms with E-state index in [-0.39, 0.29) is 18.0 Å². The van der Waals surface area contributed by atoms with Crippen LogP contribution in [0.5, 0.6) is 5.75 Å². The van der Waals surface area contributed by atoms with Crippen LogP contribution in [0.4, 0.5) is 10.1 Å². The fourth-order valence-corrected chi connectivity index (χ4v) is 2.00. The molecule has 1 N–H and O–H groups in total. The number of hydrogen-bond donors (Lipinski definition) is 1. The maximum Gasteiger partial charge on any atom is 0.146 e. The first-order valence-corrected chi connectivity index (χ1v) is 6.84. The number of nitrogens with one attached hydrogen (secondary N) is 1. The average molecular weight is 273 g/mol. The number of halogens is 1. The van der Waals surface area contributed by atoms with Crippen molar-refractivity contribution in [1.82, 2.24) is 0 Å². The van der Waals surface area contributed by atoms with Crippen molar-refractivity contribution >= 4 is 5.69 Å². The molecule has 0 radical (unpaired) electrons. The molecule has 0 spiro atoms. The number of anilines is 1. The molecule has 0 fully saturated rings. The van der Waals surface area contributed by atoms with Crippen molar-refractivity contribution in [3.63, 3.8) is 0 Å². The molecule has 2 nitrogen and oxygen atoms in total. The van der Waals surface area contributed by atoms with Gasteiger partial charge in [0.05, 0.1) is 11.8 Å². The Morgan fingerprint density at radius 3 is 2.20 bits per heavy atom. The minimum Gasteiger partial charge on any atom is -0.491 e. The van der Waals surface area contributed by atoms with Crippen LogP contribution in [-0.2, 0) is 0 Å². The second-order valence-corrected chi connectivity index (χ2v) is 5.08. The Morgan fingerprint density at radius 2 is 1.60 bits per heavy atom. The van der Waals surface area contributed by atoms with Gasteiger partial charge in [0.25, 0.3) is 0 Å². The predicted octanol–water partition coefficient (Wildman–Crippen LogP) is 4.79. The topological polar surface area (TPSA) is 21.3 Å². The van der Waals surface area contributed by atoms with E-state index in [9.17, 15) is 4.39 Å². The van der Waals surface area contributed by atoms with E-state index in [1.807, 2.05) is 51.1 Å². The average Bonchev–Trinajstić information content (AvgIpc) is 2.41. The van der Waals surface area contributed by atoms with Crippen LogP contribution in [0.2, 0.25) is 0 Å². The molecule has 0 aromatic heterocycles. The van der Waals surface area contributed by atoms with E-state index < -0.39 is 0 Å². The molecule has 0 amide bonds. The largest absolute Gasteiger partial charge is 0.491 e. The van der Waals surface area contributed by atoms with E-state index in [1.54, 1.807) is 12.1 Å². The first kappa shape index (κ1) is 14.4. The highest BCUT2D eigenvalue weighted by atomic mass is 19.1. The first-order valence-electron chi connectivity index (χ1n) is 6.84. The van der Waals surface area contributed by atoms with Crippen LogP contribution in [0.25, 0.3) is 0 Å². The smallest absolute Gasteiger partial charge is 0.146 e. The fourth-order valence-electron chi connectivity index (χ4n) is 2.00. The summed E-state index contributed by atoms with van der Waals surface area (Å²) in [6, 6.07) is 14.6. The van der Waals surface area contributed by atoms with Crippen LogP contribution in [0.3, 0.4) is 0 Å². The third-order valence-corrected chi connectivity index (χ3v) is 3.00. The van der Waals surface area contributed by atoms with Gasteiger partial charge in [-0.1, -0.05) is 24.3 Å². The zero-order chi connectivity index (χ0) is 14.5. The van der Waals surface area contributed by atoms with Gasteiger partial charge in [0.1, 0.15) is 11.6 Å². The normalized spacial score (nSPS) is 12.2. The molecule has 0 bridgehead atoms. The number of hydrogen-bond acceptors (Lipinski definition) is 2. The Hall–Kier alpha value is -2.03. The Labute approximate surface area is 119 Å². The van der Waals surface area contributed by atoms with Gasteiger partial charge in [0.2, 0.25) is 0 Å². The fraction of sp³-hybridized carbons (Fsp3) is 0.294. The quantitative estimate of drug-likeness (QED) is 0.846. The van der Waals surface area contributed by atoms with E-state index in [2.05, 4.69) is 5.32 Å². The zero-order valence-electron chi connectivity index (χ0n) is 12.1. The number of para-hydroxylation sites is 1. The van der Waals surface area contributed by atoms with Crippen LogP contribution >= 0.6 is 0 Å². The van der Waals surface area contributed by atoms with Crippen molar-refractivity contribution in [2.24, 2.45) is 0 Å². The predicted molar refractivity (Wildman–Crippen MR) is 80.6 cm³/mol. The molecule has 0 aliphatic carbocycles. The van der Waals surface area contributed by atoms with E-state index in [1.165, 1.54) is 6.07 Å². The highest BCUT2D eigenvalue weighted by Crippen LogP contribution is 2.23. The van der Waals surface area contributed by atoms with Gasteiger partial charge < -0.3 is 10.1 Å². The summed E-state index contributed by atoms with van der Waals surface area (Å²) in [5.41, 5.74) is 1.60. The zero-order valence-corrected chi connectivity index (χ0v) is 12.1. The van der Waals surface area contributed by atoms with Gasteiger partial charge >= 0.3 is 0 Å². The summed E-state index contributed by atoms with van der Waals surface area (Å²) < 4.78 is 19.2. The van der Waals surface area contributed by atoms with Crippen molar-refractivity contribution in [2.45, 2.75) is 32.9 Å². The summed E-state index contributed by atoms with van der Waals surface area (Å²) in [6.45, 7) is 6.00. The molecule has 1 atom stereocenters. The summed E-state index contributed by atoms with van der Waals surface area (Å²) in [7, 11) is 0. The monoisotopic (exact) mass is 273 g/mol. The van der Waals surface area contributed by atoms with Crippen LogP contribution < -0.4 is 10.1 Å². The minimum atomic E-state index is -0.237. The number of rotatable bonds is 5. The highest BCUT2D eigenvalue weighted by molar-refractivity contribution is 5.46. The summed E-state index contributed by atoms with van der Waals surface area (Å²) >= 11 is 0. The van der Waals surface area contributed by atoms with E-state index in [0.29, 0.717) is 5.69 Å². The van der Waals surface area contributed by atoms with Gasteiger partial charge in [-0.3, -0.25) is 0 Å². The third kappa shape index (κ3) is 3.73. The van der Waals surface area contributed by atoms with E-state index in [0.717, 1.165) is 11.3 Å². The second-order valence-electron chi connectivity index (χ2n) is 5.08. The lowest BCUT2D eigenvalue weighted by atomic mass is 10.1. The van der Waals surface area contributed by atoms with Gasteiger partial charge in [-0.2, -0.15) is 0 Å². The van der Waals surface area contributed by atoms with Gasteiger partial charge in [0.15, 0.2) is 0 Å². The van der Waals surface area contributed by atoms with Crippen molar-refractivity contribution < 1.29 is 9.13 Å². The molecule has 20 heavy (non-hydrogen) atoms.